The smallest absolute Gasteiger partial charge is 0.433 e. The lowest BCUT2D eigenvalue weighted by atomic mass is 10.1. The minimum Gasteiger partial charge on any atom is -0.463 e. The molecule has 4 aromatic rings. The van der Waals surface area contributed by atoms with E-state index < -0.39 is 29.7 Å². The summed E-state index contributed by atoms with van der Waals surface area (Å²) in [5, 5.41) is 3.89. The molecule has 0 saturated heterocycles. The molecule has 1 aromatic carbocycles. The standard InChI is InChI=1S/C21H14F6N4O/c1-2-12-5-7-13(8-6-12)14-11-18(21(25,26)27)31(30-14)19-28-15(16-4-3-9-32-16)10-17(29-19)20(22,23)24/h3-11H,2H2,1H3. The summed E-state index contributed by atoms with van der Waals surface area (Å²) in [4.78, 5) is 7.18. The lowest BCUT2D eigenvalue weighted by Crippen LogP contribution is -2.18. The molecule has 0 aliphatic rings. The van der Waals surface area contributed by atoms with Crippen molar-refractivity contribution in [2.24, 2.45) is 0 Å². The Morgan fingerprint density at radius 3 is 2.16 bits per heavy atom. The van der Waals surface area contributed by atoms with Gasteiger partial charge in [0.1, 0.15) is 5.69 Å². The van der Waals surface area contributed by atoms with E-state index in [1.54, 1.807) is 24.3 Å². The third kappa shape index (κ3) is 4.23. The summed E-state index contributed by atoms with van der Waals surface area (Å²) in [6.45, 7) is 1.92. The average Bonchev–Trinajstić information content (AvgIpc) is 3.43. The van der Waals surface area contributed by atoms with E-state index in [4.69, 9.17) is 4.42 Å². The molecule has 0 unspecified atom stereocenters. The summed E-state index contributed by atoms with van der Waals surface area (Å²) in [6, 6.07) is 10.7. The van der Waals surface area contributed by atoms with Crippen LogP contribution in [-0.2, 0) is 18.8 Å². The molecular weight excluding hydrogens is 438 g/mol. The minimum atomic E-state index is -4.93. The van der Waals surface area contributed by atoms with Gasteiger partial charge in [0.2, 0.25) is 0 Å². The van der Waals surface area contributed by atoms with Crippen molar-refractivity contribution in [3.63, 3.8) is 0 Å². The van der Waals surface area contributed by atoms with Crippen LogP contribution in [0.5, 0.6) is 0 Å². The van der Waals surface area contributed by atoms with Gasteiger partial charge in [-0.15, -0.1) is 0 Å². The lowest BCUT2D eigenvalue weighted by Gasteiger charge is -2.12. The first kappa shape index (κ1) is 21.6. The number of halogens is 6. The number of hydrogen-bond acceptors (Lipinski definition) is 4. The molecule has 0 amide bonds. The number of rotatable bonds is 4. The maximum absolute atomic E-state index is 13.7. The fourth-order valence-corrected chi connectivity index (χ4v) is 3.01. The molecule has 3 heterocycles. The molecule has 0 fully saturated rings. The van der Waals surface area contributed by atoms with Crippen molar-refractivity contribution in [1.29, 1.82) is 0 Å². The minimum absolute atomic E-state index is 0.0600. The predicted octanol–water partition coefficient (Wildman–Crippen LogP) is 6.19. The van der Waals surface area contributed by atoms with Gasteiger partial charge < -0.3 is 4.42 Å². The van der Waals surface area contributed by atoms with Gasteiger partial charge in [0.15, 0.2) is 17.1 Å². The first-order valence-corrected chi connectivity index (χ1v) is 9.33. The molecule has 166 valence electrons. The molecule has 0 spiro atoms. The molecule has 0 aliphatic heterocycles. The van der Waals surface area contributed by atoms with Gasteiger partial charge in [0.25, 0.3) is 5.95 Å². The highest BCUT2D eigenvalue weighted by molar-refractivity contribution is 5.61. The molecule has 4 rings (SSSR count). The number of furan rings is 1. The normalized spacial score (nSPS) is 12.3. The van der Waals surface area contributed by atoms with Gasteiger partial charge >= 0.3 is 12.4 Å². The summed E-state index contributed by atoms with van der Waals surface area (Å²) in [5.41, 5.74) is -1.81. The van der Waals surface area contributed by atoms with E-state index >= 15 is 0 Å². The van der Waals surface area contributed by atoms with Crippen molar-refractivity contribution in [1.82, 2.24) is 19.7 Å². The zero-order chi connectivity index (χ0) is 23.1. The lowest BCUT2D eigenvalue weighted by molar-refractivity contribution is -0.143. The molecular formula is C21H14F6N4O. The van der Waals surface area contributed by atoms with Gasteiger partial charge in [-0.3, -0.25) is 0 Å². The van der Waals surface area contributed by atoms with E-state index in [2.05, 4.69) is 15.1 Å². The summed E-state index contributed by atoms with van der Waals surface area (Å²) >= 11 is 0. The van der Waals surface area contributed by atoms with E-state index in [0.29, 0.717) is 11.6 Å². The molecule has 0 saturated carbocycles. The summed E-state index contributed by atoms with van der Waals surface area (Å²) in [6.07, 6.45) is -7.91. The highest BCUT2D eigenvalue weighted by Gasteiger charge is 2.39. The quantitative estimate of drug-likeness (QED) is 0.347. The van der Waals surface area contributed by atoms with Crippen LogP contribution < -0.4 is 0 Å². The Morgan fingerprint density at radius 2 is 1.59 bits per heavy atom. The molecule has 5 nitrogen and oxygen atoms in total. The zero-order valence-corrected chi connectivity index (χ0v) is 16.4. The Hall–Kier alpha value is -3.63. The van der Waals surface area contributed by atoms with E-state index in [1.807, 2.05) is 6.92 Å². The van der Waals surface area contributed by atoms with E-state index in [9.17, 15) is 26.3 Å². The van der Waals surface area contributed by atoms with Crippen molar-refractivity contribution in [2.75, 3.05) is 0 Å². The zero-order valence-electron chi connectivity index (χ0n) is 16.4. The summed E-state index contributed by atoms with van der Waals surface area (Å²) in [7, 11) is 0. The third-order valence-corrected chi connectivity index (χ3v) is 4.63. The molecule has 0 aliphatic carbocycles. The van der Waals surface area contributed by atoms with Crippen LogP contribution in [0.25, 0.3) is 28.7 Å². The molecule has 11 heteroatoms. The van der Waals surface area contributed by atoms with Crippen LogP contribution in [0.1, 0.15) is 23.9 Å². The summed E-state index contributed by atoms with van der Waals surface area (Å²) in [5.74, 6) is -0.940. The van der Waals surface area contributed by atoms with Crippen molar-refractivity contribution in [2.45, 2.75) is 25.7 Å². The third-order valence-electron chi connectivity index (χ3n) is 4.63. The van der Waals surface area contributed by atoms with E-state index in [-0.39, 0.29) is 21.8 Å². The number of hydrogen-bond donors (Lipinski definition) is 0. The monoisotopic (exact) mass is 452 g/mol. The first-order valence-electron chi connectivity index (χ1n) is 9.33. The second-order valence-corrected chi connectivity index (χ2v) is 6.79. The van der Waals surface area contributed by atoms with Crippen LogP contribution in [-0.4, -0.2) is 19.7 Å². The van der Waals surface area contributed by atoms with Crippen LogP contribution in [0.4, 0.5) is 26.3 Å². The second kappa shape index (κ2) is 7.81. The van der Waals surface area contributed by atoms with Crippen molar-refractivity contribution in [3.05, 3.63) is 71.7 Å². The van der Waals surface area contributed by atoms with Gasteiger partial charge in [0, 0.05) is 5.56 Å². The largest absolute Gasteiger partial charge is 0.463 e. The van der Waals surface area contributed by atoms with Crippen LogP contribution >= 0.6 is 0 Å². The maximum atomic E-state index is 13.7. The van der Waals surface area contributed by atoms with Crippen LogP contribution in [0, 0.1) is 0 Å². The number of alkyl halides is 6. The van der Waals surface area contributed by atoms with Crippen molar-refractivity contribution >= 4 is 0 Å². The second-order valence-electron chi connectivity index (χ2n) is 6.79. The molecule has 0 N–H and O–H groups in total. The number of nitrogens with zero attached hydrogens (tertiary/aromatic N) is 4. The summed E-state index contributed by atoms with van der Waals surface area (Å²) < 4.78 is 86.8. The van der Waals surface area contributed by atoms with Crippen LogP contribution in [0.2, 0.25) is 0 Å². The van der Waals surface area contributed by atoms with Crippen molar-refractivity contribution in [3.8, 4) is 28.7 Å². The van der Waals surface area contributed by atoms with Crippen molar-refractivity contribution < 1.29 is 30.8 Å². The predicted molar refractivity (Wildman–Crippen MR) is 102 cm³/mol. The highest BCUT2D eigenvalue weighted by Crippen LogP contribution is 2.35. The maximum Gasteiger partial charge on any atom is 0.433 e. The Bertz CT molecular complexity index is 1220. The Balaban J connectivity index is 1.91. The van der Waals surface area contributed by atoms with Gasteiger partial charge in [-0.25, -0.2) is 9.97 Å². The van der Waals surface area contributed by atoms with E-state index in [1.165, 1.54) is 18.4 Å². The molecule has 3 aromatic heterocycles. The molecule has 0 atom stereocenters. The van der Waals surface area contributed by atoms with Gasteiger partial charge in [-0.05, 0) is 36.2 Å². The van der Waals surface area contributed by atoms with E-state index in [0.717, 1.165) is 18.1 Å². The SMILES string of the molecule is CCc1ccc(-c2cc(C(F)(F)F)n(-c3nc(-c4ccco4)cc(C(F)(F)F)n3)n2)cc1. The fraction of sp³-hybridized carbons (Fsp3) is 0.190. The number of aromatic nitrogens is 4. The molecule has 32 heavy (non-hydrogen) atoms. The van der Waals surface area contributed by atoms with Gasteiger partial charge in [-0.2, -0.15) is 36.1 Å². The Kier molecular flexibility index (Phi) is 5.27. The van der Waals surface area contributed by atoms with Crippen LogP contribution in [0.3, 0.4) is 0 Å². The topological polar surface area (TPSA) is 56.7 Å². The first-order chi connectivity index (χ1) is 15.1. The Morgan fingerprint density at radius 1 is 0.875 bits per heavy atom. The van der Waals surface area contributed by atoms with Gasteiger partial charge in [0.05, 0.1) is 12.0 Å². The fourth-order valence-electron chi connectivity index (χ4n) is 3.01. The number of benzene rings is 1. The Labute approximate surface area is 177 Å². The van der Waals surface area contributed by atoms with Crippen LogP contribution in [0.15, 0.2) is 59.2 Å². The molecule has 0 radical (unpaired) electrons. The number of aryl methyl sites for hydroxylation is 1. The highest BCUT2D eigenvalue weighted by atomic mass is 19.4. The molecule has 0 bridgehead atoms. The van der Waals surface area contributed by atoms with Gasteiger partial charge in [-0.1, -0.05) is 31.2 Å². The average molecular weight is 452 g/mol.